The molecule has 9 heteroatoms. The number of hydrogen-bond acceptors (Lipinski definition) is 7. The third-order valence-electron chi connectivity index (χ3n) is 3.44. The lowest BCUT2D eigenvalue weighted by molar-refractivity contribution is -0.384. The molecule has 0 bridgehead atoms. The average Bonchev–Trinajstić information content (AvgIpc) is 3.14. The van der Waals surface area contributed by atoms with E-state index >= 15 is 0 Å². The minimum Gasteiger partial charge on any atom is -0.482 e. The lowest BCUT2D eigenvalue weighted by atomic mass is 10.2. The highest BCUT2D eigenvalue weighted by atomic mass is 35.5. The number of rotatable bonds is 7. The van der Waals surface area contributed by atoms with Crippen molar-refractivity contribution in [3.8, 4) is 16.3 Å². The molecule has 0 saturated carbocycles. The van der Waals surface area contributed by atoms with Gasteiger partial charge in [-0.1, -0.05) is 29.8 Å². The van der Waals surface area contributed by atoms with Crippen molar-refractivity contribution in [3.05, 3.63) is 74.7 Å². The van der Waals surface area contributed by atoms with Crippen LogP contribution in [-0.4, -0.2) is 22.5 Å². The number of nitro benzene ring substituents is 1. The number of benzene rings is 2. The van der Waals surface area contributed by atoms with E-state index in [0.717, 1.165) is 10.6 Å². The van der Waals surface area contributed by atoms with Crippen molar-refractivity contribution < 1.29 is 19.2 Å². The highest BCUT2D eigenvalue weighted by molar-refractivity contribution is 7.13. The van der Waals surface area contributed by atoms with Gasteiger partial charge < -0.3 is 9.47 Å². The van der Waals surface area contributed by atoms with Crippen molar-refractivity contribution in [1.29, 1.82) is 0 Å². The van der Waals surface area contributed by atoms with Crippen molar-refractivity contribution >= 4 is 34.6 Å². The van der Waals surface area contributed by atoms with Crippen molar-refractivity contribution in [2.45, 2.75) is 6.61 Å². The number of halogens is 1. The summed E-state index contributed by atoms with van der Waals surface area (Å²) < 4.78 is 10.4. The number of carbonyl (C=O) groups is 1. The fourth-order valence-corrected chi connectivity index (χ4v) is 3.26. The first-order chi connectivity index (χ1) is 13.0. The van der Waals surface area contributed by atoms with Gasteiger partial charge in [-0.15, -0.1) is 11.3 Å². The molecule has 0 aliphatic rings. The van der Waals surface area contributed by atoms with E-state index in [9.17, 15) is 14.9 Å². The maximum Gasteiger partial charge on any atom is 0.344 e. The van der Waals surface area contributed by atoms with Crippen molar-refractivity contribution in [2.75, 3.05) is 6.61 Å². The zero-order valence-corrected chi connectivity index (χ0v) is 15.4. The number of carbonyl (C=O) groups excluding carboxylic acids is 1. The van der Waals surface area contributed by atoms with Crippen LogP contribution in [0.4, 0.5) is 5.69 Å². The molecule has 1 heterocycles. The first-order valence-electron chi connectivity index (χ1n) is 7.75. The Hall–Kier alpha value is -2.97. The minimum atomic E-state index is -0.569. The predicted octanol–water partition coefficient (Wildman–Crippen LogP) is 4.49. The number of hydrogen-bond donors (Lipinski definition) is 0. The molecule has 3 aromatic rings. The Morgan fingerprint density at radius 3 is 2.63 bits per heavy atom. The van der Waals surface area contributed by atoms with Crippen LogP contribution in [0, 0.1) is 10.1 Å². The van der Waals surface area contributed by atoms with Gasteiger partial charge in [0.1, 0.15) is 17.4 Å². The van der Waals surface area contributed by atoms with E-state index in [4.69, 9.17) is 21.1 Å². The lowest BCUT2D eigenvalue weighted by Gasteiger charge is -2.06. The number of nitro groups is 1. The third kappa shape index (κ3) is 5.02. The standard InChI is InChI=1S/C18H13ClN2O5S/c19-16-4-2-1-3-15(16)18-20-12(11-27-18)9-26-17(22)10-25-14-7-5-13(6-8-14)21(23)24/h1-8,11H,9-10H2. The molecule has 0 N–H and O–H groups in total. The molecule has 0 unspecified atom stereocenters. The maximum absolute atomic E-state index is 11.8. The van der Waals surface area contributed by atoms with Gasteiger partial charge in [-0.05, 0) is 18.2 Å². The van der Waals surface area contributed by atoms with E-state index in [1.54, 1.807) is 11.4 Å². The first-order valence-corrected chi connectivity index (χ1v) is 9.01. The number of ether oxygens (including phenoxy) is 2. The number of non-ortho nitro benzene ring substituents is 1. The molecular weight excluding hydrogens is 392 g/mol. The van der Waals surface area contributed by atoms with Crippen LogP contribution in [0.3, 0.4) is 0 Å². The van der Waals surface area contributed by atoms with Crippen LogP contribution in [0.15, 0.2) is 53.9 Å². The van der Waals surface area contributed by atoms with Gasteiger partial charge in [0.2, 0.25) is 0 Å². The molecule has 0 aliphatic heterocycles. The number of aromatic nitrogens is 1. The van der Waals surface area contributed by atoms with Crippen LogP contribution >= 0.6 is 22.9 Å². The van der Waals surface area contributed by atoms with Gasteiger partial charge in [-0.3, -0.25) is 10.1 Å². The zero-order chi connectivity index (χ0) is 19.2. The second-order valence-electron chi connectivity index (χ2n) is 5.32. The first kappa shape index (κ1) is 18.8. The fourth-order valence-electron chi connectivity index (χ4n) is 2.13. The number of esters is 1. The van der Waals surface area contributed by atoms with E-state index in [0.29, 0.717) is 16.5 Å². The molecule has 0 saturated heterocycles. The largest absolute Gasteiger partial charge is 0.482 e. The smallest absolute Gasteiger partial charge is 0.344 e. The van der Waals surface area contributed by atoms with E-state index in [2.05, 4.69) is 4.98 Å². The van der Waals surface area contributed by atoms with Gasteiger partial charge in [0.05, 0.1) is 15.6 Å². The van der Waals surface area contributed by atoms with Gasteiger partial charge in [0.25, 0.3) is 5.69 Å². The zero-order valence-electron chi connectivity index (χ0n) is 13.8. The lowest BCUT2D eigenvalue weighted by Crippen LogP contribution is -2.14. The molecule has 7 nitrogen and oxygen atoms in total. The molecule has 0 fully saturated rings. The second-order valence-corrected chi connectivity index (χ2v) is 6.59. The van der Waals surface area contributed by atoms with Crippen molar-refractivity contribution in [1.82, 2.24) is 4.98 Å². The molecule has 2 aromatic carbocycles. The number of nitrogens with zero attached hydrogens (tertiary/aromatic N) is 2. The summed E-state index contributed by atoms with van der Waals surface area (Å²) in [6.45, 7) is -0.289. The molecule has 27 heavy (non-hydrogen) atoms. The van der Waals surface area contributed by atoms with Crippen LogP contribution in [0.5, 0.6) is 5.75 Å². The Morgan fingerprint density at radius 1 is 1.19 bits per heavy atom. The Morgan fingerprint density at radius 2 is 1.93 bits per heavy atom. The number of thiazole rings is 1. The molecule has 0 amide bonds. The summed E-state index contributed by atoms with van der Waals surface area (Å²) in [6, 6.07) is 12.8. The molecule has 0 atom stereocenters. The maximum atomic E-state index is 11.8. The minimum absolute atomic E-state index is 0.0173. The van der Waals surface area contributed by atoms with Crippen LogP contribution in [0.1, 0.15) is 5.69 Å². The molecular formula is C18H13ClN2O5S. The third-order valence-corrected chi connectivity index (χ3v) is 4.70. The molecule has 1 aromatic heterocycles. The van der Waals surface area contributed by atoms with Gasteiger partial charge in [-0.2, -0.15) is 0 Å². The topological polar surface area (TPSA) is 91.6 Å². The molecule has 138 valence electrons. The Kier molecular flexibility index (Phi) is 6.00. The monoisotopic (exact) mass is 404 g/mol. The summed E-state index contributed by atoms with van der Waals surface area (Å²) in [7, 11) is 0. The quantitative estimate of drug-likeness (QED) is 0.327. The summed E-state index contributed by atoms with van der Waals surface area (Å²) in [4.78, 5) is 26.3. The summed E-state index contributed by atoms with van der Waals surface area (Å²) in [5.41, 5.74) is 1.38. The summed E-state index contributed by atoms with van der Waals surface area (Å²) in [5.74, 6) is -0.229. The van der Waals surface area contributed by atoms with Crippen LogP contribution < -0.4 is 4.74 Å². The van der Waals surface area contributed by atoms with E-state index in [-0.39, 0.29) is 18.9 Å². The van der Waals surface area contributed by atoms with E-state index in [1.165, 1.54) is 35.6 Å². The second kappa shape index (κ2) is 8.61. The highest BCUT2D eigenvalue weighted by Gasteiger charge is 2.11. The Labute approximate surface area is 163 Å². The highest BCUT2D eigenvalue weighted by Crippen LogP contribution is 2.30. The molecule has 0 radical (unpaired) electrons. The van der Waals surface area contributed by atoms with Gasteiger partial charge in [0, 0.05) is 23.1 Å². The fraction of sp³-hybridized carbons (Fsp3) is 0.111. The van der Waals surface area contributed by atoms with Crippen molar-refractivity contribution in [2.24, 2.45) is 0 Å². The Balaban J connectivity index is 1.49. The average molecular weight is 405 g/mol. The normalized spacial score (nSPS) is 10.4. The van der Waals surface area contributed by atoms with E-state index < -0.39 is 10.9 Å². The molecule has 3 rings (SSSR count). The van der Waals surface area contributed by atoms with Crippen molar-refractivity contribution in [3.63, 3.8) is 0 Å². The van der Waals surface area contributed by atoms with Crippen LogP contribution in [0.25, 0.3) is 10.6 Å². The molecule has 0 aliphatic carbocycles. The summed E-state index contributed by atoms with van der Waals surface area (Å²) >= 11 is 7.56. The van der Waals surface area contributed by atoms with Gasteiger partial charge >= 0.3 is 5.97 Å². The van der Waals surface area contributed by atoms with E-state index in [1.807, 2.05) is 18.2 Å². The summed E-state index contributed by atoms with van der Waals surface area (Å²) in [5, 5.41) is 13.7. The SMILES string of the molecule is O=C(COc1ccc([N+](=O)[O-])cc1)OCc1csc(-c2ccccc2Cl)n1. The summed E-state index contributed by atoms with van der Waals surface area (Å²) in [6.07, 6.45) is 0. The van der Waals surface area contributed by atoms with Crippen LogP contribution in [-0.2, 0) is 16.1 Å². The predicted molar refractivity (Wildman–Crippen MR) is 101 cm³/mol. The Bertz CT molecular complexity index is 958. The van der Waals surface area contributed by atoms with Gasteiger partial charge in [0.15, 0.2) is 6.61 Å². The van der Waals surface area contributed by atoms with Gasteiger partial charge in [-0.25, -0.2) is 9.78 Å². The molecule has 0 spiro atoms. The van der Waals surface area contributed by atoms with Crippen LogP contribution in [0.2, 0.25) is 5.02 Å².